The first-order valence-electron chi connectivity index (χ1n) is 22.9. The van der Waals surface area contributed by atoms with Gasteiger partial charge in [-0.3, -0.25) is 19.3 Å². The second kappa shape index (κ2) is 21.2. The number of carboxylic acids is 1. The fourth-order valence-electron chi connectivity index (χ4n) is 9.37. The van der Waals surface area contributed by atoms with Crippen LogP contribution in [-0.2, 0) is 34.7 Å². The van der Waals surface area contributed by atoms with Gasteiger partial charge in [-0.1, -0.05) is 84.9 Å². The van der Waals surface area contributed by atoms with E-state index < -0.39 is 17.7 Å². The van der Waals surface area contributed by atoms with Crippen LogP contribution in [0, 0.1) is 5.92 Å². The number of aromatic hydroxyl groups is 1. The number of rotatable bonds is 17. The zero-order chi connectivity index (χ0) is 46.9. The van der Waals surface area contributed by atoms with Crippen LogP contribution in [0.25, 0.3) is 10.9 Å². The normalized spacial score (nSPS) is 17.1. The lowest BCUT2D eigenvalue weighted by atomic mass is 9.80. The highest BCUT2D eigenvalue weighted by atomic mass is 16.5. The zero-order valence-corrected chi connectivity index (χ0v) is 37.3. The van der Waals surface area contributed by atoms with E-state index in [0.29, 0.717) is 66.9 Å². The number of aromatic nitrogens is 1. The molecule has 0 aliphatic carbocycles. The molecule has 348 valence electrons. The van der Waals surface area contributed by atoms with Crippen molar-refractivity contribution in [2.45, 2.75) is 62.9 Å². The van der Waals surface area contributed by atoms with Crippen LogP contribution in [0.1, 0.15) is 75.5 Å². The third-order valence-electron chi connectivity index (χ3n) is 13.1. The Morgan fingerprint density at radius 2 is 1.60 bits per heavy atom. The molecular formula is C53H57N5O9. The van der Waals surface area contributed by atoms with E-state index in [1.54, 1.807) is 59.5 Å². The standard InChI is InChI=1S/C53H57N5O9/c59-46-21-19-43(44-20-22-48(61)56-50(44)46)47(60)31-54-30-36-15-17-38(18-16-36)51(63)55-41-12-7-25-58(33-41)49(62)34-67-42-13-6-11-40(29-42)53(66,52(64)65)45-14-5-4-10-39(45)28-35-23-26-57(27-24-35)32-37-8-2-1-3-9-37/h1-6,8-11,13-22,29,35,41,47,54,59-60,66H,7,12,23-28,30-34H2,(H,55,63)(H,56,61)(H,64,65)/t41-,47+,53+/m1/s1. The number of benzene rings is 5. The molecule has 6 aromatic rings. The highest BCUT2D eigenvalue weighted by molar-refractivity contribution is 5.94. The number of H-pyrrole nitrogens is 1. The summed E-state index contributed by atoms with van der Waals surface area (Å²) in [4.78, 5) is 58.2. The smallest absolute Gasteiger partial charge is 0.345 e. The van der Waals surface area contributed by atoms with Crippen molar-refractivity contribution in [1.82, 2.24) is 25.4 Å². The lowest BCUT2D eigenvalue weighted by molar-refractivity contribution is -0.155. The number of aliphatic carboxylic acids is 1. The van der Waals surface area contributed by atoms with Gasteiger partial charge in [-0.2, -0.15) is 0 Å². The van der Waals surface area contributed by atoms with Crippen molar-refractivity contribution in [2.75, 3.05) is 39.3 Å². The van der Waals surface area contributed by atoms with Crippen molar-refractivity contribution in [3.05, 3.63) is 177 Å². The number of carboxylic acid groups (broad SMARTS) is 1. The van der Waals surface area contributed by atoms with Crippen LogP contribution in [0.3, 0.4) is 0 Å². The van der Waals surface area contributed by atoms with Crippen molar-refractivity contribution < 1.29 is 39.5 Å². The fraction of sp³-hybridized carbons (Fsp3) is 0.321. The van der Waals surface area contributed by atoms with Gasteiger partial charge < -0.3 is 45.7 Å². The van der Waals surface area contributed by atoms with E-state index in [-0.39, 0.29) is 59.1 Å². The second-order valence-corrected chi connectivity index (χ2v) is 17.7. The van der Waals surface area contributed by atoms with Gasteiger partial charge in [0.25, 0.3) is 11.8 Å². The predicted octanol–water partition coefficient (Wildman–Crippen LogP) is 5.63. The molecule has 0 radical (unpaired) electrons. The zero-order valence-electron chi connectivity index (χ0n) is 37.3. The van der Waals surface area contributed by atoms with Gasteiger partial charge in [0.15, 0.2) is 6.61 Å². The molecule has 2 aliphatic rings. The number of likely N-dealkylation sites (tertiary alicyclic amines) is 2. The van der Waals surface area contributed by atoms with E-state index in [1.165, 1.54) is 23.8 Å². The molecule has 0 bridgehead atoms. The molecule has 1 aromatic heterocycles. The third-order valence-corrected chi connectivity index (χ3v) is 13.1. The first-order valence-corrected chi connectivity index (χ1v) is 22.9. The van der Waals surface area contributed by atoms with Crippen LogP contribution in [0.2, 0.25) is 0 Å². The molecule has 2 amide bonds. The van der Waals surface area contributed by atoms with Crippen molar-refractivity contribution in [2.24, 2.45) is 5.92 Å². The summed E-state index contributed by atoms with van der Waals surface area (Å²) in [7, 11) is 0. The summed E-state index contributed by atoms with van der Waals surface area (Å²) < 4.78 is 5.94. The Morgan fingerprint density at radius 1 is 0.836 bits per heavy atom. The summed E-state index contributed by atoms with van der Waals surface area (Å²) in [5, 5.41) is 50.5. The van der Waals surface area contributed by atoms with E-state index in [2.05, 4.69) is 44.8 Å². The molecule has 2 saturated heterocycles. The number of ether oxygens (including phenoxy) is 1. The number of aliphatic hydroxyl groups is 2. The second-order valence-electron chi connectivity index (χ2n) is 17.7. The van der Waals surface area contributed by atoms with Crippen LogP contribution >= 0.6 is 0 Å². The molecule has 3 heterocycles. The maximum absolute atomic E-state index is 13.5. The number of amides is 2. The molecule has 14 nitrogen and oxygen atoms in total. The monoisotopic (exact) mass is 907 g/mol. The minimum atomic E-state index is -2.36. The maximum Gasteiger partial charge on any atom is 0.345 e. The van der Waals surface area contributed by atoms with Gasteiger partial charge in [0.1, 0.15) is 11.5 Å². The first-order chi connectivity index (χ1) is 32.4. The number of carbonyl (C=O) groups is 3. The van der Waals surface area contributed by atoms with Crippen LogP contribution in [-0.4, -0.2) is 98.4 Å². The van der Waals surface area contributed by atoms with Crippen molar-refractivity contribution in [3.8, 4) is 11.5 Å². The summed E-state index contributed by atoms with van der Waals surface area (Å²) in [6.07, 6.45) is 3.03. The van der Waals surface area contributed by atoms with E-state index in [1.807, 2.05) is 30.3 Å². The number of phenolic OH excluding ortho intramolecular Hbond substituents is 1. The van der Waals surface area contributed by atoms with Gasteiger partial charge in [0.2, 0.25) is 11.2 Å². The number of nitrogens with one attached hydrogen (secondary N) is 3. The van der Waals surface area contributed by atoms with Crippen LogP contribution in [0.4, 0.5) is 0 Å². The van der Waals surface area contributed by atoms with Crippen LogP contribution < -0.4 is 20.9 Å². The van der Waals surface area contributed by atoms with Gasteiger partial charge in [-0.25, -0.2) is 4.79 Å². The molecule has 3 atom stereocenters. The minimum Gasteiger partial charge on any atom is -0.506 e. The number of fused-ring (bicyclic) bond motifs is 1. The van der Waals surface area contributed by atoms with E-state index in [9.17, 15) is 39.6 Å². The average Bonchev–Trinajstić information content (AvgIpc) is 3.34. The summed E-state index contributed by atoms with van der Waals surface area (Å²) in [6.45, 7) is 3.88. The number of aliphatic hydroxyl groups excluding tert-OH is 1. The Balaban J connectivity index is 0.818. The molecule has 2 fully saturated rings. The van der Waals surface area contributed by atoms with Gasteiger partial charge in [0.05, 0.1) is 11.6 Å². The van der Waals surface area contributed by atoms with Crippen LogP contribution in [0.15, 0.2) is 132 Å². The SMILES string of the molecule is O=C(N[C@@H]1CCCN(C(=O)COc2cccc([C@@](O)(C(=O)O)c3ccccc3CC3CCN(Cc4ccccc4)CC3)c2)C1)c1ccc(CNC[C@H](O)c2ccc(O)c3[nH]c(=O)ccc23)cc1. The Bertz CT molecular complexity index is 2740. The quantitative estimate of drug-likeness (QED) is 0.0598. The molecule has 0 spiro atoms. The summed E-state index contributed by atoms with van der Waals surface area (Å²) in [6, 6.07) is 36.7. The molecular weight excluding hydrogens is 851 g/mol. The lowest BCUT2D eigenvalue weighted by Gasteiger charge is -2.33. The van der Waals surface area contributed by atoms with Gasteiger partial charge in [-0.15, -0.1) is 0 Å². The van der Waals surface area contributed by atoms with Crippen molar-refractivity contribution >= 4 is 28.7 Å². The molecule has 2 aliphatic heterocycles. The Kier molecular flexibility index (Phi) is 14.8. The molecule has 8 rings (SSSR count). The Labute approximate surface area is 388 Å². The molecule has 0 unspecified atom stereocenters. The average molecular weight is 908 g/mol. The number of phenols is 1. The van der Waals surface area contributed by atoms with E-state index >= 15 is 0 Å². The highest BCUT2D eigenvalue weighted by Crippen LogP contribution is 2.36. The van der Waals surface area contributed by atoms with Gasteiger partial charge in [0, 0.05) is 66.9 Å². The highest BCUT2D eigenvalue weighted by Gasteiger charge is 2.42. The third kappa shape index (κ3) is 11.2. The lowest BCUT2D eigenvalue weighted by Crippen LogP contribution is -2.50. The number of nitrogens with zero attached hydrogens (tertiary/aromatic N) is 2. The fourth-order valence-corrected chi connectivity index (χ4v) is 9.37. The summed E-state index contributed by atoms with van der Waals surface area (Å²) in [5.74, 6) is -1.46. The number of hydrogen-bond donors (Lipinski definition) is 7. The summed E-state index contributed by atoms with van der Waals surface area (Å²) in [5.41, 5.74) is 1.96. The number of carbonyl (C=O) groups excluding carboxylic acids is 2. The van der Waals surface area contributed by atoms with Crippen molar-refractivity contribution in [3.63, 3.8) is 0 Å². The first kappa shape index (κ1) is 46.7. The minimum absolute atomic E-state index is 0.0788. The molecule has 14 heteroatoms. The number of pyridine rings is 1. The van der Waals surface area contributed by atoms with E-state index in [0.717, 1.165) is 43.6 Å². The number of hydrogen-bond acceptors (Lipinski definition) is 10. The van der Waals surface area contributed by atoms with E-state index in [4.69, 9.17) is 4.74 Å². The molecule has 0 saturated carbocycles. The topological polar surface area (TPSA) is 205 Å². The number of aromatic amines is 1. The summed E-state index contributed by atoms with van der Waals surface area (Å²) >= 11 is 0. The van der Waals surface area contributed by atoms with Crippen LogP contribution in [0.5, 0.6) is 11.5 Å². The van der Waals surface area contributed by atoms with Gasteiger partial charge >= 0.3 is 5.97 Å². The predicted molar refractivity (Wildman–Crippen MR) is 254 cm³/mol. The molecule has 7 N–H and O–H groups in total. The van der Waals surface area contributed by atoms with Crippen molar-refractivity contribution in [1.29, 1.82) is 0 Å². The maximum atomic E-state index is 13.5. The number of piperidine rings is 2. The molecule has 67 heavy (non-hydrogen) atoms. The largest absolute Gasteiger partial charge is 0.506 e. The Morgan fingerprint density at radius 3 is 2.37 bits per heavy atom. The molecule has 5 aromatic carbocycles. The van der Waals surface area contributed by atoms with Gasteiger partial charge in [-0.05, 0) is 110 Å². The Hall–Kier alpha value is -6.84.